The minimum Gasteiger partial charge on any atom is -0.489 e. The molecule has 1 aromatic heterocycles. The molecule has 15 heavy (non-hydrogen) atoms. The van der Waals surface area contributed by atoms with Crippen LogP contribution in [0.3, 0.4) is 0 Å². The molecule has 0 radical (unpaired) electrons. The van der Waals surface area contributed by atoms with Crippen LogP contribution in [-0.4, -0.2) is 22.2 Å². The Kier molecular flexibility index (Phi) is 2.58. The summed E-state index contributed by atoms with van der Waals surface area (Å²) in [6.45, 7) is 5.16. The molecule has 2 heterocycles. The van der Waals surface area contributed by atoms with E-state index in [1.807, 2.05) is 19.9 Å². The summed E-state index contributed by atoms with van der Waals surface area (Å²) in [7, 11) is 0. The van der Waals surface area contributed by atoms with Crippen LogP contribution in [0.4, 0.5) is 0 Å². The molecule has 4 nitrogen and oxygen atoms in total. The highest BCUT2D eigenvalue weighted by Gasteiger charge is 2.20. The van der Waals surface area contributed by atoms with Gasteiger partial charge in [0.15, 0.2) is 5.76 Å². The molecule has 2 rings (SSSR count). The number of carbonyl (C=O) groups is 1. The van der Waals surface area contributed by atoms with Crippen molar-refractivity contribution in [1.82, 2.24) is 9.78 Å². The Bertz CT molecular complexity index is 418. The lowest BCUT2D eigenvalue weighted by Crippen LogP contribution is -2.11. The van der Waals surface area contributed by atoms with E-state index in [0.29, 0.717) is 24.6 Å². The number of Topliss-reactive ketones (excluding diaryl/α,β-unsaturated/α-hetero) is 1. The second-order valence-corrected chi connectivity index (χ2v) is 3.52. The lowest BCUT2D eigenvalue weighted by Gasteiger charge is -2.04. The molecule has 0 fully saturated rings. The van der Waals surface area contributed by atoms with E-state index in [9.17, 15) is 4.79 Å². The smallest absolute Gasteiger partial charge is 0.245 e. The number of nitrogens with zero attached hydrogens (tertiary/aromatic N) is 2. The quantitative estimate of drug-likeness (QED) is 0.707. The van der Waals surface area contributed by atoms with Crippen molar-refractivity contribution in [3.8, 4) is 0 Å². The molecule has 0 N–H and O–H groups in total. The molecule has 0 saturated carbocycles. The Balaban J connectivity index is 2.31. The maximum absolute atomic E-state index is 12.0. The van der Waals surface area contributed by atoms with E-state index in [1.54, 1.807) is 10.7 Å². The van der Waals surface area contributed by atoms with Gasteiger partial charge in [0.05, 0.1) is 12.3 Å². The Morgan fingerprint density at radius 2 is 2.47 bits per heavy atom. The third-order valence-electron chi connectivity index (χ3n) is 2.36. The summed E-state index contributed by atoms with van der Waals surface area (Å²) in [5.41, 5.74) is 1.47. The third-order valence-corrected chi connectivity index (χ3v) is 2.36. The zero-order valence-electron chi connectivity index (χ0n) is 8.99. The van der Waals surface area contributed by atoms with Crippen LogP contribution < -0.4 is 0 Å². The molecule has 0 spiro atoms. The van der Waals surface area contributed by atoms with Gasteiger partial charge in [-0.1, -0.05) is 0 Å². The Hall–Kier alpha value is -1.58. The van der Waals surface area contributed by atoms with Gasteiger partial charge in [-0.25, -0.2) is 0 Å². The van der Waals surface area contributed by atoms with Crippen molar-refractivity contribution in [2.75, 3.05) is 6.61 Å². The average molecular weight is 206 g/mol. The van der Waals surface area contributed by atoms with Crippen LogP contribution >= 0.6 is 0 Å². The molecular formula is C11H14N2O2. The number of aromatic nitrogens is 2. The topological polar surface area (TPSA) is 44.1 Å². The fourth-order valence-electron chi connectivity index (χ4n) is 1.67. The van der Waals surface area contributed by atoms with Gasteiger partial charge in [0.2, 0.25) is 5.78 Å². The second-order valence-electron chi connectivity index (χ2n) is 3.52. The van der Waals surface area contributed by atoms with Crippen LogP contribution in [0.1, 0.15) is 29.5 Å². The monoisotopic (exact) mass is 206 g/mol. The minimum absolute atomic E-state index is 0.0602. The SMILES string of the molecule is CCn1nc(C)cc1C(=O)C1=CCCO1. The standard InChI is InChI=1S/C11H14N2O2/c1-3-13-9(7-8(2)12-13)11(14)10-5-4-6-15-10/h5,7H,3-4,6H2,1-2H3. The number of allylic oxidation sites excluding steroid dienone is 1. The van der Waals surface area contributed by atoms with Gasteiger partial charge in [0.1, 0.15) is 5.69 Å². The molecule has 0 bridgehead atoms. The van der Waals surface area contributed by atoms with Crippen molar-refractivity contribution < 1.29 is 9.53 Å². The number of aryl methyl sites for hydroxylation is 2. The molecule has 0 aromatic carbocycles. The van der Waals surface area contributed by atoms with Crippen LogP contribution in [0.25, 0.3) is 0 Å². The summed E-state index contributed by atoms with van der Waals surface area (Å²) >= 11 is 0. The molecule has 0 aliphatic carbocycles. The highest BCUT2D eigenvalue weighted by molar-refractivity contribution is 6.06. The Morgan fingerprint density at radius 3 is 3.07 bits per heavy atom. The highest BCUT2D eigenvalue weighted by atomic mass is 16.5. The Labute approximate surface area is 88.5 Å². The molecular weight excluding hydrogens is 192 g/mol. The molecule has 0 atom stereocenters. The van der Waals surface area contributed by atoms with E-state index in [4.69, 9.17) is 4.74 Å². The van der Waals surface area contributed by atoms with Gasteiger partial charge < -0.3 is 4.74 Å². The van der Waals surface area contributed by atoms with Gasteiger partial charge >= 0.3 is 0 Å². The normalized spacial score (nSPS) is 14.9. The number of ketones is 1. The Morgan fingerprint density at radius 1 is 1.67 bits per heavy atom. The van der Waals surface area contributed by atoms with Crippen molar-refractivity contribution in [1.29, 1.82) is 0 Å². The molecule has 4 heteroatoms. The van der Waals surface area contributed by atoms with Crippen molar-refractivity contribution >= 4 is 5.78 Å². The van der Waals surface area contributed by atoms with Crippen molar-refractivity contribution in [3.05, 3.63) is 29.3 Å². The van der Waals surface area contributed by atoms with Crippen LogP contribution in [0.5, 0.6) is 0 Å². The highest BCUT2D eigenvalue weighted by Crippen LogP contribution is 2.16. The van der Waals surface area contributed by atoms with Gasteiger partial charge in [-0.2, -0.15) is 5.10 Å². The third kappa shape index (κ3) is 1.79. The fraction of sp³-hybridized carbons (Fsp3) is 0.455. The number of carbonyl (C=O) groups excluding carboxylic acids is 1. The maximum Gasteiger partial charge on any atom is 0.245 e. The summed E-state index contributed by atoms with van der Waals surface area (Å²) < 4.78 is 6.96. The van der Waals surface area contributed by atoms with Gasteiger partial charge in [0.25, 0.3) is 0 Å². The van der Waals surface area contributed by atoms with Crippen molar-refractivity contribution in [2.24, 2.45) is 0 Å². The molecule has 0 amide bonds. The zero-order chi connectivity index (χ0) is 10.8. The average Bonchev–Trinajstić information content (AvgIpc) is 2.84. The first-order chi connectivity index (χ1) is 7.22. The predicted molar refractivity (Wildman–Crippen MR) is 55.6 cm³/mol. The van der Waals surface area contributed by atoms with Crippen molar-refractivity contribution in [3.63, 3.8) is 0 Å². The van der Waals surface area contributed by atoms with Crippen LogP contribution in [0.2, 0.25) is 0 Å². The summed E-state index contributed by atoms with van der Waals surface area (Å²) in [6.07, 6.45) is 2.66. The van der Waals surface area contributed by atoms with Gasteiger partial charge in [0, 0.05) is 13.0 Å². The molecule has 0 saturated heterocycles. The number of hydrogen-bond donors (Lipinski definition) is 0. The first kappa shape index (κ1) is 9.96. The van der Waals surface area contributed by atoms with Crippen LogP contribution in [0, 0.1) is 6.92 Å². The van der Waals surface area contributed by atoms with E-state index in [1.165, 1.54) is 0 Å². The summed E-state index contributed by atoms with van der Waals surface area (Å²) in [5.74, 6) is 0.402. The number of ether oxygens (including phenoxy) is 1. The molecule has 1 aromatic rings. The van der Waals surface area contributed by atoms with E-state index in [0.717, 1.165) is 12.1 Å². The molecule has 80 valence electrons. The lowest BCUT2D eigenvalue weighted by molar-refractivity contribution is 0.0932. The van der Waals surface area contributed by atoms with E-state index >= 15 is 0 Å². The van der Waals surface area contributed by atoms with Gasteiger partial charge in [-0.05, 0) is 26.0 Å². The summed E-state index contributed by atoms with van der Waals surface area (Å²) in [6, 6.07) is 1.80. The van der Waals surface area contributed by atoms with Gasteiger partial charge in [-0.3, -0.25) is 9.48 Å². The molecule has 1 aliphatic heterocycles. The number of rotatable bonds is 3. The largest absolute Gasteiger partial charge is 0.489 e. The van der Waals surface area contributed by atoms with E-state index in [2.05, 4.69) is 5.10 Å². The first-order valence-electron chi connectivity index (χ1n) is 5.14. The second kappa shape index (κ2) is 3.88. The molecule has 0 unspecified atom stereocenters. The zero-order valence-corrected chi connectivity index (χ0v) is 8.99. The first-order valence-corrected chi connectivity index (χ1v) is 5.14. The van der Waals surface area contributed by atoms with Crippen molar-refractivity contribution in [2.45, 2.75) is 26.8 Å². The van der Waals surface area contributed by atoms with Crippen LogP contribution in [-0.2, 0) is 11.3 Å². The fourth-order valence-corrected chi connectivity index (χ4v) is 1.67. The number of hydrogen-bond acceptors (Lipinski definition) is 3. The van der Waals surface area contributed by atoms with Crippen LogP contribution in [0.15, 0.2) is 17.9 Å². The minimum atomic E-state index is -0.0602. The van der Waals surface area contributed by atoms with E-state index in [-0.39, 0.29) is 5.78 Å². The van der Waals surface area contributed by atoms with E-state index < -0.39 is 0 Å². The summed E-state index contributed by atoms with van der Waals surface area (Å²) in [4.78, 5) is 12.0. The summed E-state index contributed by atoms with van der Waals surface area (Å²) in [5, 5.41) is 4.23. The molecule has 1 aliphatic rings. The van der Waals surface area contributed by atoms with Gasteiger partial charge in [-0.15, -0.1) is 0 Å². The predicted octanol–water partition coefficient (Wildman–Crippen LogP) is 1.70. The lowest BCUT2D eigenvalue weighted by atomic mass is 10.2. The maximum atomic E-state index is 12.0.